The second-order valence-corrected chi connectivity index (χ2v) is 9.57. The van der Waals surface area contributed by atoms with Crippen LogP contribution in [0.3, 0.4) is 0 Å². The number of rotatable bonds is 7. The molecule has 2 aromatic carbocycles. The van der Waals surface area contributed by atoms with E-state index in [9.17, 15) is 19.5 Å². The quantitative estimate of drug-likeness (QED) is 0.575. The van der Waals surface area contributed by atoms with Crippen LogP contribution in [0.15, 0.2) is 66.4 Å². The summed E-state index contributed by atoms with van der Waals surface area (Å²) in [6.07, 6.45) is 6.77. The summed E-state index contributed by atoms with van der Waals surface area (Å²) in [7, 11) is 0. The minimum Gasteiger partial charge on any atom is -0.478 e. The molecule has 2 aliphatic rings. The maximum Gasteiger partial charge on any atom is 0.347 e. The zero-order chi connectivity index (χ0) is 25.3. The maximum absolute atomic E-state index is 13.1. The molecule has 0 bridgehead atoms. The first kappa shape index (κ1) is 24.3. The monoisotopic (exact) mass is 474 g/mol. The number of hydrogen-bond donors (Lipinski definition) is 1. The molecule has 1 aliphatic heterocycles. The van der Waals surface area contributed by atoms with Gasteiger partial charge in [0.05, 0.1) is 6.54 Å². The fourth-order valence-corrected chi connectivity index (χ4v) is 4.43. The molecule has 0 spiro atoms. The first-order chi connectivity index (χ1) is 16.6. The van der Waals surface area contributed by atoms with Gasteiger partial charge >= 0.3 is 12.0 Å². The molecule has 1 unspecified atom stereocenters. The molecule has 0 radical (unpaired) electrons. The number of nitrogens with zero attached hydrogens (tertiary/aromatic N) is 2. The van der Waals surface area contributed by atoms with Gasteiger partial charge in [-0.25, -0.2) is 9.59 Å². The van der Waals surface area contributed by atoms with Gasteiger partial charge in [0.15, 0.2) is 5.60 Å². The lowest BCUT2D eigenvalue weighted by atomic mass is 9.91. The summed E-state index contributed by atoms with van der Waals surface area (Å²) in [6.45, 7) is 6.79. The van der Waals surface area contributed by atoms with Crippen molar-refractivity contribution in [2.75, 3.05) is 6.54 Å². The number of carboxylic acid groups (broad SMARTS) is 1. The van der Waals surface area contributed by atoms with Crippen molar-refractivity contribution in [3.8, 4) is 5.75 Å². The van der Waals surface area contributed by atoms with E-state index in [0.717, 1.165) is 28.8 Å². The number of urea groups is 1. The van der Waals surface area contributed by atoms with Crippen molar-refractivity contribution >= 4 is 17.9 Å². The third-order valence-corrected chi connectivity index (χ3v) is 6.41. The summed E-state index contributed by atoms with van der Waals surface area (Å²) in [5.74, 6) is -0.568. The van der Waals surface area contributed by atoms with Gasteiger partial charge in [0.1, 0.15) is 12.3 Å². The molecule has 182 valence electrons. The first-order valence-corrected chi connectivity index (χ1v) is 11.6. The Bertz CT molecular complexity index is 1210. The Labute approximate surface area is 205 Å². The molecule has 7 nitrogen and oxygen atoms in total. The fraction of sp³-hybridized carbons (Fsp3) is 0.321. The molecular weight excluding hydrogens is 444 g/mol. The number of aliphatic carboxylic acids is 1. The van der Waals surface area contributed by atoms with Gasteiger partial charge in [-0.05, 0) is 62.4 Å². The van der Waals surface area contributed by atoms with Crippen LogP contribution in [0, 0.1) is 13.8 Å². The van der Waals surface area contributed by atoms with Crippen LogP contribution < -0.4 is 4.74 Å². The summed E-state index contributed by atoms with van der Waals surface area (Å²) < 4.78 is 5.76. The van der Waals surface area contributed by atoms with Crippen LogP contribution in [0.2, 0.25) is 0 Å². The van der Waals surface area contributed by atoms with E-state index in [2.05, 4.69) is 18.2 Å². The zero-order valence-corrected chi connectivity index (χ0v) is 20.4. The predicted octanol–water partition coefficient (Wildman–Crippen LogP) is 4.94. The van der Waals surface area contributed by atoms with Crippen molar-refractivity contribution in [1.29, 1.82) is 0 Å². The van der Waals surface area contributed by atoms with Gasteiger partial charge in [0.25, 0.3) is 5.91 Å². The molecule has 1 fully saturated rings. The topological polar surface area (TPSA) is 87.2 Å². The summed E-state index contributed by atoms with van der Waals surface area (Å²) in [5, 5.41) is 9.37. The molecule has 1 heterocycles. The number of amides is 3. The average Bonchev–Trinajstić information content (AvgIpc) is 3.10. The molecule has 3 amide bonds. The number of carbonyl (C=O) groups is 3. The van der Waals surface area contributed by atoms with Gasteiger partial charge in [0.2, 0.25) is 0 Å². The minimum atomic E-state index is -1.38. The average molecular weight is 475 g/mol. The number of hydrogen-bond acceptors (Lipinski definition) is 4. The molecule has 1 atom stereocenters. The molecule has 0 saturated carbocycles. The van der Waals surface area contributed by atoms with E-state index in [1.807, 2.05) is 56.3 Å². The summed E-state index contributed by atoms with van der Waals surface area (Å²) >= 11 is 0. The van der Waals surface area contributed by atoms with Crippen LogP contribution in [0.25, 0.3) is 0 Å². The van der Waals surface area contributed by atoms with Crippen molar-refractivity contribution < 1.29 is 24.2 Å². The van der Waals surface area contributed by atoms with Crippen molar-refractivity contribution in [2.45, 2.75) is 52.2 Å². The Balaban J connectivity index is 1.46. The van der Waals surface area contributed by atoms with Gasteiger partial charge in [-0.3, -0.25) is 14.6 Å². The standard InChI is InChI=1S/C28H30N2O5/c1-18-14-20(15-19(2)25(18)35-28(3,4)26(32)33)16-30-24(31)17-29(27(30)34)23-12-10-22(11-13-23)21-8-6-5-7-9-21/h5-10,12-15,22H,11,16-17H2,1-4H3,(H,32,33). The molecule has 1 saturated heterocycles. The van der Waals surface area contributed by atoms with Crippen molar-refractivity contribution in [3.05, 3.63) is 88.6 Å². The highest BCUT2D eigenvalue weighted by molar-refractivity contribution is 6.03. The Morgan fingerprint density at radius 2 is 1.77 bits per heavy atom. The number of carboxylic acids is 1. The Morgan fingerprint density at radius 1 is 1.11 bits per heavy atom. The predicted molar refractivity (Wildman–Crippen MR) is 132 cm³/mol. The largest absolute Gasteiger partial charge is 0.478 e. The minimum absolute atomic E-state index is 0.0109. The molecule has 7 heteroatoms. The molecule has 0 aromatic heterocycles. The van der Waals surface area contributed by atoms with Gasteiger partial charge < -0.3 is 9.84 Å². The lowest BCUT2D eigenvalue weighted by Gasteiger charge is -2.25. The van der Waals surface area contributed by atoms with E-state index in [4.69, 9.17) is 4.74 Å². The molecule has 1 aliphatic carbocycles. The third-order valence-electron chi connectivity index (χ3n) is 6.41. The third kappa shape index (κ3) is 4.99. The van der Waals surface area contributed by atoms with E-state index >= 15 is 0 Å². The van der Waals surface area contributed by atoms with E-state index in [0.29, 0.717) is 5.75 Å². The van der Waals surface area contributed by atoms with Gasteiger partial charge in [0, 0.05) is 11.6 Å². The summed E-state index contributed by atoms with van der Waals surface area (Å²) in [6, 6.07) is 13.5. The van der Waals surface area contributed by atoms with Crippen LogP contribution in [0.5, 0.6) is 5.75 Å². The van der Waals surface area contributed by atoms with Crippen LogP contribution in [-0.2, 0) is 16.1 Å². The highest BCUT2D eigenvalue weighted by atomic mass is 16.5. The normalized spacial score (nSPS) is 18.2. The number of ether oxygens (including phenoxy) is 1. The van der Waals surface area contributed by atoms with Crippen molar-refractivity contribution in [3.63, 3.8) is 0 Å². The number of benzene rings is 2. The molecule has 4 rings (SSSR count). The molecule has 2 aromatic rings. The lowest BCUT2D eigenvalue weighted by molar-refractivity contribution is -0.152. The Hall–Kier alpha value is -3.87. The second-order valence-electron chi connectivity index (χ2n) is 9.57. The van der Waals surface area contributed by atoms with Crippen molar-refractivity contribution in [1.82, 2.24) is 9.80 Å². The molecule has 1 N–H and O–H groups in total. The second kappa shape index (κ2) is 9.41. The van der Waals surface area contributed by atoms with E-state index in [1.54, 1.807) is 0 Å². The number of carbonyl (C=O) groups excluding carboxylic acids is 2. The molecular formula is C28H30N2O5. The number of aryl methyl sites for hydroxylation is 2. The molecule has 35 heavy (non-hydrogen) atoms. The lowest BCUT2D eigenvalue weighted by Crippen LogP contribution is -2.38. The van der Waals surface area contributed by atoms with Crippen LogP contribution in [-0.4, -0.2) is 45.0 Å². The first-order valence-electron chi connectivity index (χ1n) is 11.6. The number of allylic oxidation sites excluding steroid dienone is 3. The highest BCUT2D eigenvalue weighted by Crippen LogP contribution is 2.32. The summed E-state index contributed by atoms with van der Waals surface area (Å²) in [4.78, 5) is 40.1. The smallest absolute Gasteiger partial charge is 0.347 e. The van der Waals surface area contributed by atoms with Gasteiger partial charge in [-0.15, -0.1) is 0 Å². The zero-order valence-electron chi connectivity index (χ0n) is 20.4. The van der Waals surface area contributed by atoms with Gasteiger partial charge in [-0.2, -0.15) is 0 Å². The number of imide groups is 1. The SMILES string of the molecule is Cc1cc(CN2C(=O)CN(C3=CCC(c4ccccc4)C=C3)C2=O)cc(C)c1OC(C)(C)C(=O)O. The van der Waals surface area contributed by atoms with E-state index in [-0.39, 0.29) is 30.9 Å². The Kier molecular flexibility index (Phi) is 6.52. The van der Waals surface area contributed by atoms with Crippen LogP contribution >= 0.6 is 0 Å². The maximum atomic E-state index is 13.1. The van der Waals surface area contributed by atoms with Gasteiger partial charge in [-0.1, -0.05) is 54.6 Å². The van der Waals surface area contributed by atoms with Crippen LogP contribution in [0.4, 0.5) is 4.79 Å². The summed E-state index contributed by atoms with van der Waals surface area (Å²) in [5.41, 5.74) is 2.85. The Morgan fingerprint density at radius 3 is 2.34 bits per heavy atom. The van der Waals surface area contributed by atoms with E-state index in [1.165, 1.54) is 29.2 Å². The fourth-order valence-electron chi connectivity index (χ4n) is 4.43. The highest BCUT2D eigenvalue weighted by Gasteiger charge is 2.38. The van der Waals surface area contributed by atoms with Crippen molar-refractivity contribution in [2.24, 2.45) is 0 Å². The van der Waals surface area contributed by atoms with E-state index < -0.39 is 11.6 Å². The van der Waals surface area contributed by atoms with Crippen LogP contribution in [0.1, 0.15) is 48.4 Å².